The third kappa shape index (κ3) is 3.37. The number of carbonyl (C=O) groups is 1. The van der Waals surface area contributed by atoms with E-state index in [1.807, 2.05) is 19.9 Å². The van der Waals surface area contributed by atoms with E-state index in [2.05, 4.69) is 5.32 Å². The second-order valence-electron chi connectivity index (χ2n) is 6.22. The lowest BCUT2D eigenvalue weighted by molar-refractivity contribution is -0.127. The second kappa shape index (κ2) is 5.92. The molecular formula is C16H22FNO2. The average molecular weight is 279 g/mol. The molecule has 0 heterocycles. The van der Waals surface area contributed by atoms with Gasteiger partial charge in [0.15, 0.2) is 0 Å². The van der Waals surface area contributed by atoms with Gasteiger partial charge in [-0.1, -0.05) is 26.0 Å². The molecule has 0 bridgehead atoms. The average Bonchev–Trinajstić information content (AvgIpc) is 2.82. The van der Waals surface area contributed by atoms with E-state index in [1.165, 1.54) is 12.1 Å². The minimum Gasteiger partial charge on any atom is -0.392 e. The Labute approximate surface area is 119 Å². The van der Waals surface area contributed by atoms with Crippen molar-refractivity contribution in [1.29, 1.82) is 0 Å². The zero-order valence-electron chi connectivity index (χ0n) is 12.0. The molecule has 1 aromatic rings. The van der Waals surface area contributed by atoms with E-state index in [0.29, 0.717) is 13.0 Å². The van der Waals surface area contributed by atoms with Gasteiger partial charge in [0.05, 0.1) is 12.0 Å². The summed E-state index contributed by atoms with van der Waals surface area (Å²) in [6.45, 7) is 4.36. The van der Waals surface area contributed by atoms with Gasteiger partial charge in [-0.15, -0.1) is 0 Å². The molecule has 2 rings (SSSR count). The van der Waals surface area contributed by atoms with Crippen LogP contribution in [0.4, 0.5) is 4.39 Å². The quantitative estimate of drug-likeness (QED) is 0.889. The molecule has 0 spiro atoms. The Morgan fingerprint density at radius 1 is 1.45 bits per heavy atom. The van der Waals surface area contributed by atoms with E-state index >= 15 is 0 Å². The number of halogens is 1. The predicted molar refractivity (Wildman–Crippen MR) is 75.8 cm³/mol. The van der Waals surface area contributed by atoms with Crippen LogP contribution in [0, 0.1) is 11.7 Å². The number of carbonyl (C=O) groups excluding carboxylic acids is 1. The number of benzene rings is 1. The Morgan fingerprint density at radius 2 is 2.20 bits per heavy atom. The maximum absolute atomic E-state index is 13.3. The lowest BCUT2D eigenvalue weighted by atomic mass is 9.84. The van der Waals surface area contributed by atoms with Crippen LogP contribution < -0.4 is 5.32 Å². The first kappa shape index (κ1) is 15.0. The molecule has 20 heavy (non-hydrogen) atoms. The molecular weight excluding hydrogens is 257 g/mol. The molecule has 1 aliphatic carbocycles. The van der Waals surface area contributed by atoms with Crippen molar-refractivity contribution in [3.63, 3.8) is 0 Å². The Bertz CT molecular complexity index is 487. The van der Waals surface area contributed by atoms with Crippen LogP contribution in [0.1, 0.15) is 38.7 Å². The molecule has 4 heteroatoms. The maximum Gasteiger partial charge on any atom is 0.225 e. The van der Waals surface area contributed by atoms with Crippen LogP contribution in [0.25, 0.3) is 0 Å². The van der Waals surface area contributed by atoms with Crippen LogP contribution in [-0.2, 0) is 10.2 Å². The fourth-order valence-corrected chi connectivity index (χ4v) is 2.70. The summed E-state index contributed by atoms with van der Waals surface area (Å²) in [6.07, 6.45) is 1.82. The number of aliphatic hydroxyl groups is 1. The Hall–Kier alpha value is -1.42. The Balaban J connectivity index is 1.97. The van der Waals surface area contributed by atoms with Crippen molar-refractivity contribution in [3.8, 4) is 0 Å². The number of hydrogen-bond acceptors (Lipinski definition) is 2. The molecule has 3 nitrogen and oxygen atoms in total. The van der Waals surface area contributed by atoms with Crippen molar-refractivity contribution in [3.05, 3.63) is 35.6 Å². The van der Waals surface area contributed by atoms with E-state index in [1.54, 1.807) is 6.07 Å². The fourth-order valence-electron chi connectivity index (χ4n) is 2.70. The van der Waals surface area contributed by atoms with Crippen LogP contribution in [0.3, 0.4) is 0 Å². The maximum atomic E-state index is 13.3. The normalized spacial score (nSPS) is 22.8. The monoisotopic (exact) mass is 279 g/mol. The number of amides is 1. The molecule has 1 aromatic carbocycles. The molecule has 110 valence electrons. The summed E-state index contributed by atoms with van der Waals surface area (Å²) < 4.78 is 13.3. The highest BCUT2D eigenvalue weighted by molar-refractivity contribution is 5.79. The van der Waals surface area contributed by atoms with Gasteiger partial charge < -0.3 is 10.4 Å². The van der Waals surface area contributed by atoms with Gasteiger partial charge in [-0.3, -0.25) is 4.79 Å². The number of aliphatic hydroxyl groups excluding tert-OH is 1. The molecule has 2 unspecified atom stereocenters. The first-order valence-electron chi connectivity index (χ1n) is 7.12. The topological polar surface area (TPSA) is 49.3 Å². The molecule has 2 atom stereocenters. The van der Waals surface area contributed by atoms with Crippen molar-refractivity contribution in [2.45, 2.75) is 44.6 Å². The Kier molecular flexibility index (Phi) is 4.43. The lowest BCUT2D eigenvalue weighted by Gasteiger charge is -2.27. The van der Waals surface area contributed by atoms with Gasteiger partial charge in [0.2, 0.25) is 5.91 Å². The van der Waals surface area contributed by atoms with Crippen LogP contribution in [0.15, 0.2) is 24.3 Å². The summed E-state index contributed by atoms with van der Waals surface area (Å²) in [4.78, 5) is 12.1. The summed E-state index contributed by atoms with van der Waals surface area (Å²) in [6, 6.07) is 6.44. The SMILES string of the molecule is CC(C)(CNC(=O)C1CCCC1O)c1cccc(F)c1. The zero-order chi connectivity index (χ0) is 14.8. The minimum absolute atomic E-state index is 0.0977. The number of nitrogens with one attached hydrogen (secondary N) is 1. The van der Waals surface area contributed by atoms with Crippen LogP contribution in [-0.4, -0.2) is 23.7 Å². The molecule has 1 aliphatic rings. The third-order valence-corrected chi connectivity index (χ3v) is 4.13. The molecule has 1 amide bonds. The molecule has 0 aromatic heterocycles. The number of hydrogen-bond donors (Lipinski definition) is 2. The molecule has 1 saturated carbocycles. The lowest BCUT2D eigenvalue weighted by Crippen LogP contribution is -2.41. The van der Waals surface area contributed by atoms with Crippen LogP contribution in [0.2, 0.25) is 0 Å². The van der Waals surface area contributed by atoms with Crippen molar-refractivity contribution in [1.82, 2.24) is 5.32 Å². The molecule has 0 saturated heterocycles. The van der Waals surface area contributed by atoms with Crippen LogP contribution in [0.5, 0.6) is 0 Å². The highest BCUT2D eigenvalue weighted by Gasteiger charge is 2.32. The van der Waals surface area contributed by atoms with Crippen molar-refractivity contribution in [2.24, 2.45) is 5.92 Å². The van der Waals surface area contributed by atoms with Gasteiger partial charge >= 0.3 is 0 Å². The molecule has 1 fully saturated rings. The zero-order valence-corrected chi connectivity index (χ0v) is 12.0. The largest absolute Gasteiger partial charge is 0.392 e. The second-order valence-corrected chi connectivity index (χ2v) is 6.22. The standard InChI is InChI=1S/C16H22FNO2/c1-16(2,11-5-3-6-12(17)9-11)10-18-15(20)13-7-4-8-14(13)19/h3,5-6,9,13-14,19H,4,7-8,10H2,1-2H3,(H,18,20). The Morgan fingerprint density at radius 3 is 2.80 bits per heavy atom. The highest BCUT2D eigenvalue weighted by atomic mass is 19.1. The van der Waals surface area contributed by atoms with E-state index in [9.17, 15) is 14.3 Å². The van der Waals surface area contributed by atoms with Gasteiger partial charge in [-0.25, -0.2) is 4.39 Å². The van der Waals surface area contributed by atoms with Gasteiger partial charge in [-0.05, 0) is 37.0 Å². The minimum atomic E-state index is -0.521. The van der Waals surface area contributed by atoms with Gasteiger partial charge in [0.1, 0.15) is 5.82 Å². The van der Waals surface area contributed by atoms with Crippen molar-refractivity contribution >= 4 is 5.91 Å². The van der Waals surface area contributed by atoms with Gasteiger partial charge in [-0.2, -0.15) is 0 Å². The summed E-state index contributed by atoms with van der Waals surface area (Å²) in [5.74, 6) is -0.661. The smallest absolute Gasteiger partial charge is 0.225 e. The molecule has 0 aliphatic heterocycles. The fraction of sp³-hybridized carbons (Fsp3) is 0.562. The van der Waals surface area contributed by atoms with E-state index in [0.717, 1.165) is 18.4 Å². The van der Waals surface area contributed by atoms with E-state index in [4.69, 9.17) is 0 Å². The van der Waals surface area contributed by atoms with Crippen molar-refractivity contribution in [2.75, 3.05) is 6.54 Å². The van der Waals surface area contributed by atoms with E-state index < -0.39 is 6.10 Å². The first-order valence-corrected chi connectivity index (χ1v) is 7.12. The van der Waals surface area contributed by atoms with Gasteiger partial charge in [0, 0.05) is 12.0 Å². The van der Waals surface area contributed by atoms with Crippen LogP contribution >= 0.6 is 0 Å². The predicted octanol–water partition coefficient (Wildman–Crippen LogP) is 2.38. The third-order valence-electron chi connectivity index (χ3n) is 4.13. The van der Waals surface area contributed by atoms with E-state index in [-0.39, 0.29) is 23.1 Å². The summed E-state index contributed by atoms with van der Waals surface area (Å²) in [7, 11) is 0. The summed E-state index contributed by atoms with van der Waals surface area (Å²) >= 11 is 0. The molecule has 0 radical (unpaired) electrons. The number of rotatable bonds is 4. The molecule has 2 N–H and O–H groups in total. The highest BCUT2D eigenvalue weighted by Crippen LogP contribution is 2.27. The first-order chi connectivity index (χ1) is 9.40. The summed E-state index contributed by atoms with van der Waals surface area (Å²) in [5.41, 5.74) is 0.506. The van der Waals surface area contributed by atoms with Crippen molar-refractivity contribution < 1.29 is 14.3 Å². The van der Waals surface area contributed by atoms with Gasteiger partial charge in [0.25, 0.3) is 0 Å². The summed E-state index contributed by atoms with van der Waals surface area (Å²) in [5, 5.41) is 12.6.